The average Bonchev–Trinajstić information content (AvgIpc) is 2.62. The molecule has 18 heavy (non-hydrogen) atoms. The molecule has 0 aromatic heterocycles. The third-order valence-electron chi connectivity index (χ3n) is 5.42. The topological polar surface area (TPSA) is 29.3 Å². The second-order valence-corrected chi connectivity index (χ2v) is 6.69. The van der Waals surface area contributed by atoms with Crippen molar-refractivity contribution in [3.8, 4) is 0 Å². The molecule has 2 N–H and O–H groups in total. The van der Waals surface area contributed by atoms with Gasteiger partial charge < -0.3 is 5.73 Å². The van der Waals surface area contributed by atoms with Gasteiger partial charge in [-0.2, -0.15) is 0 Å². The maximum absolute atomic E-state index is 6.04. The van der Waals surface area contributed by atoms with E-state index in [2.05, 4.69) is 18.7 Å². The van der Waals surface area contributed by atoms with Gasteiger partial charge in [0.1, 0.15) is 0 Å². The molecule has 1 saturated heterocycles. The van der Waals surface area contributed by atoms with Crippen molar-refractivity contribution in [2.24, 2.45) is 17.6 Å². The van der Waals surface area contributed by atoms with Gasteiger partial charge in [0.25, 0.3) is 0 Å². The number of hydrogen-bond donors (Lipinski definition) is 1. The molecule has 0 aromatic carbocycles. The lowest BCUT2D eigenvalue weighted by molar-refractivity contribution is 0.0626. The fraction of sp³-hybridized carbons (Fsp3) is 1.00. The van der Waals surface area contributed by atoms with Gasteiger partial charge in [0.2, 0.25) is 0 Å². The zero-order chi connectivity index (χ0) is 13.0. The van der Waals surface area contributed by atoms with E-state index in [1.165, 1.54) is 57.9 Å². The minimum Gasteiger partial charge on any atom is -0.329 e. The van der Waals surface area contributed by atoms with Gasteiger partial charge in [0.15, 0.2) is 0 Å². The summed E-state index contributed by atoms with van der Waals surface area (Å²) < 4.78 is 0. The van der Waals surface area contributed by atoms with Crippen LogP contribution in [-0.2, 0) is 0 Å². The van der Waals surface area contributed by atoms with Gasteiger partial charge in [0.05, 0.1) is 0 Å². The largest absolute Gasteiger partial charge is 0.329 e. The number of rotatable bonds is 3. The Morgan fingerprint density at radius 2 is 1.94 bits per heavy atom. The highest BCUT2D eigenvalue weighted by Gasteiger charge is 2.32. The van der Waals surface area contributed by atoms with Gasteiger partial charge in [-0.15, -0.1) is 0 Å². The summed E-state index contributed by atoms with van der Waals surface area (Å²) in [4.78, 5) is 2.78. The summed E-state index contributed by atoms with van der Waals surface area (Å²) in [5.74, 6) is 1.87. The Morgan fingerprint density at radius 1 is 1.11 bits per heavy atom. The summed E-state index contributed by atoms with van der Waals surface area (Å²) in [6.07, 6.45) is 11.2. The van der Waals surface area contributed by atoms with Gasteiger partial charge in [-0.1, -0.05) is 33.1 Å². The van der Waals surface area contributed by atoms with Crippen LogP contribution in [-0.4, -0.2) is 30.1 Å². The van der Waals surface area contributed by atoms with E-state index in [4.69, 9.17) is 5.73 Å². The first-order valence-corrected chi connectivity index (χ1v) is 8.20. The van der Waals surface area contributed by atoms with E-state index in [0.717, 1.165) is 24.4 Å². The summed E-state index contributed by atoms with van der Waals surface area (Å²) in [5, 5.41) is 0. The van der Waals surface area contributed by atoms with E-state index in [1.54, 1.807) is 0 Å². The molecule has 4 atom stereocenters. The molecule has 2 aliphatic rings. The smallest absolute Gasteiger partial charge is 0.0223 e. The van der Waals surface area contributed by atoms with E-state index >= 15 is 0 Å². The standard InChI is InChI=1S/C16H32N2/c1-3-14-9-10-18(16(11-14)12-17)15-6-4-5-13(2)7-8-15/h13-16H,3-12,17H2,1-2H3. The Labute approximate surface area is 113 Å². The minimum atomic E-state index is 0.669. The second-order valence-electron chi connectivity index (χ2n) is 6.69. The van der Waals surface area contributed by atoms with Crippen LogP contribution < -0.4 is 5.73 Å². The Balaban J connectivity index is 1.93. The van der Waals surface area contributed by atoms with Crippen LogP contribution in [0.15, 0.2) is 0 Å². The highest BCUT2D eigenvalue weighted by Crippen LogP contribution is 2.32. The second kappa shape index (κ2) is 6.91. The zero-order valence-electron chi connectivity index (χ0n) is 12.4. The monoisotopic (exact) mass is 252 g/mol. The van der Waals surface area contributed by atoms with E-state index in [0.29, 0.717) is 6.04 Å². The highest BCUT2D eigenvalue weighted by atomic mass is 15.2. The summed E-state index contributed by atoms with van der Waals surface area (Å²) in [6.45, 7) is 6.93. The molecule has 2 fully saturated rings. The molecule has 106 valence electrons. The van der Waals surface area contributed by atoms with Gasteiger partial charge in [-0.3, -0.25) is 4.90 Å². The third-order valence-corrected chi connectivity index (χ3v) is 5.42. The summed E-state index contributed by atoms with van der Waals surface area (Å²) >= 11 is 0. The lowest BCUT2D eigenvalue weighted by atomic mass is 9.87. The molecule has 1 aliphatic carbocycles. The molecule has 2 nitrogen and oxygen atoms in total. The summed E-state index contributed by atoms with van der Waals surface area (Å²) in [6, 6.07) is 1.50. The van der Waals surface area contributed by atoms with Crippen molar-refractivity contribution >= 4 is 0 Å². The first-order valence-electron chi connectivity index (χ1n) is 8.20. The number of piperidine rings is 1. The number of likely N-dealkylation sites (tertiary alicyclic amines) is 1. The van der Waals surface area contributed by atoms with Gasteiger partial charge in [-0.25, -0.2) is 0 Å². The van der Waals surface area contributed by atoms with Crippen LogP contribution in [0.2, 0.25) is 0 Å². The average molecular weight is 252 g/mol. The molecule has 2 heteroatoms. The Kier molecular flexibility index (Phi) is 5.50. The lowest BCUT2D eigenvalue weighted by Gasteiger charge is -2.43. The van der Waals surface area contributed by atoms with Crippen molar-refractivity contribution in [2.75, 3.05) is 13.1 Å². The van der Waals surface area contributed by atoms with Crippen LogP contribution in [0.4, 0.5) is 0 Å². The van der Waals surface area contributed by atoms with Crippen molar-refractivity contribution in [2.45, 2.75) is 77.3 Å². The van der Waals surface area contributed by atoms with Crippen molar-refractivity contribution in [1.29, 1.82) is 0 Å². The first-order chi connectivity index (χ1) is 8.74. The van der Waals surface area contributed by atoms with E-state index in [9.17, 15) is 0 Å². The fourth-order valence-corrected chi connectivity index (χ4v) is 4.03. The van der Waals surface area contributed by atoms with E-state index in [1.807, 2.05) is 0 Å². The molecular formula is C16H32N2. The molecule has 0 amide bonds. The molecule has 0 radical (unpaired) electrons. The molecular weight excluding hydrogens is 220 g/mol. The zero-order valence-corrected chi connectivity index (χ0v) is 12.4. The summed E-state index contributed by atoms with van der Waals surface area (Å²) in [7, 11) is 0. The van der Waals surface area contributed by atoms with Gasteiger partial charge >= 0.3 is 0 Å². The maximum atomic E-state index is 6.04. The van der Waals surface area contributed by atoms with Crippen LogP contribution >= 0.6 is 0 Å². The van der Waals surface area contributed by atoms with Crippen LogP contribution in [0.3, 0.4) is 0 Å². The number of nitrogens with two attached hydrogens (primary N) is 1. The normalized spacial score (nSPS) is 39.5. The van der Waals surface area contributed by atoms with E-state index < -0.39 is 0 Å². The van der Waals surface area contributed by atoms with Crippen LogP contribution in [0.5, 0.6) is 0 Å². The van der Waals surface area contributed by atoms with E-state index in [-0.39, 0.29) is 0 Å². The molecule has 0 bridgehead atoms. The van der Waals surface area contributed by atoms with Crippen molar-refractivity contribution < 1.29 is 0 Å². The summed E-state index contributed by atoms with van der Waals surface area (Å²) in [5.41, 5.74) is 6.04. The quantitative estimate of drug-likeness (QED) is 0.780. The van der Waals surface area contributed by atoms with Crippen molar-refractivity contribution in [3.63, 3.8) is 0 Å². The molecule has 1 aliphatic heterocycles. The minimum absolute atomic E-state index is 0.669. The predicted molar refractivity (Wildman–Crippen MR) is 78.6 cm³/mol. The van der Waals surface area contributed by atoms with Crippen molar-refractivity contribution in [3.05, 3.63) is 0 Å². The molecule has 2 rings (SSSR count). The number of hydrogen-bond acceptors (Lipinski definition) is 2. The highest BCUT2D eigenvalue weighted by molar-refractivity contribution is 4.87. The lowest BCUT2D eigenvalue weighted by Crippen LogP contribution is -2.51. The maximum Gasteiger partial charge on any atom is 0.0223 e. The van der Waals surface area contributed by atoms with Crippen LogP contribution in [0.1, 0.15) is 65.2 Å². The SMILES string of the molecule is CCC1CCN(C2CCCC(C)CC2)C(CN)C1. The molecule has 0 aromatic rings. The van der Waals surface area contributed by atoms with Gasteiger partial charge in [-0.05, 0) is 50.5 Å². The Hall–Kier alpha value is -0.0800. The van der Waals surface area contributed by atoms with Crippen molar-refractivity contribution in [1.82, 2.24) is 4.90 Å². The predicted octanol–water partition coefficient (Wildman–Crippen LogP) is 3.40. The number of nitrogens with zero attached hydrogens (tertiary/aromatic N) is 1. The first kappa shape index (κ1) is 14.3. The molecule has 1 heterocycles. The fourth-order valence-electron chi connectivity index (χ4n) is 4.03. The van der Waals surface area contributed by atoms with Crippen LogP contribution in [0.25, 0.3) is 0 Å². The van der Waals surface area contributed by atoms with Gasteiger partial charge in [0, 0.05) is 18.6 Å². The third kappa shape index (κ3) is 3.48. The Morgan fingerprint density at radius 3 is 2.67 bits per heavy atom. The Bertz CT molecular complexity index is 241. The molecule has 4 unspecified atom stereocenters. The molecule has 1 saturated carbocycles. The molecule has 0 spiro atoms. The van der Waals surface area contributed by atoms with Crippen LogP contribution in [0, 0.1) is 11.8 Å².